The molecule has 3 rings (SSSR count). The summed E-state index contributed by atoms with van der Waals surface area (Å²) >= 11 is 0. The number of primary amides is 1. The first kappa shape index (κ1) is 17.0. The van der Waals surface area contributed by atoms with Crippen LogP contribution in [0.25, 0.3) is 11.1 Å². The normalized spacial score (nSPS) is 10.3. The highest BCUT2D eigenvalue weighted by Gasteiger charge is 2.08. The molecule has 6 N–H and O–H groups in total. The summed E-state index contributed by atoms with van der Waals surface area (Å²) in [6.07, 6.45) is 0. The number of hydrogen-bond acceptors (Lipinski definition) is 4. The van der Waals surface area contributed by atoms with Gasteiger partial charge in [0.05, 0.1) is 16.9 Å². The molecule has 26 heavy (non-hydrogen) atoms. The molecule has 0 saturated heterocycles. The van der Waals surface area contributed by atoms with Gasteiger partial charge in [-0.25, -0.2) is 4.79 Å². The van der Waals surface area contributed by atoms with Gasteiger partial charge in [0.2, 0.25) is 5.91 Å². The Bertz CT molecular complexity index is 982. The molecule has 0 radical (unpaired) electrons. The number of carboxylic acids is 1. The van der Waals surface area contributed by atoms with Crippen LogP contribution in [0.4, 0.5) is 17.1 Å². The lowest BCUT2D eigenvalue weighted by atomic mass is 10.0. The lowest BCUT2D eigenvalue weighted by Crippen LogP contribution is -2.10. The van der Waals surface area contributed by atoms with E-state index in [-0.39, 0.29) is 5.56 Å². The van der Waals surface area contributed by atoms with Crippen LogP contribution in [0.5, 0.6) is 0 Å². The average Bonchev–Trinajstić information content (AvgIpc) is 2.63. The van der Waals surface area contributed by atoms with Crippen LogP contribution in [0.3, 0.4) is 0 Å². The summed E-state index contributed by atoms with van der Waals surface area (Å²) in [6, 6.07) is 19.1. The molecule has 3 aromatic rings. The predicted octanol–water partition coefficient (Wildman–Crippen LogP) is 3.48. The Labute approximate surface area is 150 Å². The minimum absolute atomic E-state index is 0.153. The molecule has 0 heterocycles. The molecule has 3 aromatic carbocycles. The average molecular weight is 347 g/mol. The largest absolute Gasteiger partial charge is 0.478 e. The van der Waals surface area contributed by atoms with E-state index in [1.54, 1.807) is 18.2 Å². The van der Waals surface area contributed by atoms with Crippen molar-refractivity contribution in [2.45, 2.75) is 0 Å². The van der Waals surface area contributed by atoms with E-state index in [1.807, 2.05) is 36.4 Å². The maximum atomic E-state index is 11.2. The van der Waals surface area contributed by atoms with Gasteiger partial charge in [-0.15, -0.1) is 0 Å². The number of rotatable bonds is 5. The van der Waals surface area contributed by atoms with E-state index in [2.05, 4.69) is 5.32 Å². The summed E-state index contributed by atoms with van der Waals surface area (Å²) in [5.74, 6) is -1.49. The Hall–Kier alpha value is -3.80. The molecule has 130 valence electrons. The highest BCUT2D eigenvalue weighted by atomic mass is 16.4. The van der Waals surface area contributed by atoms with E-state index in [9.17, 15) is 9.59 Å². The number of nitrogens with one attached hydrogen (secondary N) is 1. The lowest BCUT2D eigenvalue weighted by Gasteiger charge is -2.12. The molecule has 0 fully saturated rings. The Morgan fingerprint density at radius 3 is 2.19 bits per heavy atom. The van der Waals surface area contributed by atoms with Crippen molar-refractivity contribution in [3.05, 3.63) is 77.9 Å². The molecule has 0 bridgehead atoms. The SMILES string of the molecule is NC(=O)c1ccc(-c2cccc(Nc3cc(C(=O)O)ccc3N)c2)cc1. The highest BCUT2D eigenvalue weighted by molar-refractivity contribution is 5.93. The topological polar surface area (TPSA) is 118 Å². The zero-order valence-electron chi connectivity index (χ0n) is 13.8. The number of anilines is 3. The van der Waals surface area contributed by atoms with Crippen LogP contribution in [0, 0.1) is 0 Å². The summed E-state index contributed by atoms with van der Waals surface area (Å²) in [7, 11) is 0. The molecule has 0 aliphatic rings. The number of carbonyl (C=O) groups excluding carboxylic acids is 1. The molecular formula is C20H17N3O3. The van der Waals surface area contributed by atoms with E-state index in [1.165, 1.54) is 12.1 Å². The Kier molecular flexibility index (Phi) is 4.57. The fraction of sp³-hybridized carbons (Fsp3) is 0. The Morgan fingerprint density at radius 2 is 1.54 bits per heavy atom. The van der Waals surface area contributed by atoms with Gasteiger partial charge in [-0.05, 0) is 53.6 Å². The highest BCUT2D eigenvalue weighted by Crippen LogP contribution is 2.28. The first-order valence-corrected chi connectivity index (χ1v) is 7.84. The van der Waals surface area contributed by atoms with Gasteiger partial charge in [0.1, 0.15) is 0 Å². The van der Waals surface area contributed by atoms with Crippen molar-refractivity contribution < 1.29 is 14.7 Å². The number of benzene rings is 3. The number of amides is 1. The quantitative estimate of drug-likeness (QED) is 0.527. The molecule has 6 heteroatoms. The summed E-state index contributed by atoms with van der Waals surface area (Å²) in [4.78, 5) is 22.3. The molecule has 1 amide bonds. The molecule has 0 aliphatic heterocycles. The maximum absolute atomic E-state index is 11.2. The zero-order valence-corrected chi connectivity index (χ0v) is 13.8. The summed E-state index contributed by atoms with van der Waals surface area (Å²) < 4.78 is 0. The molecule has 0 aromatic heterocycles. The first-order chi connectivity index (χ1) is 12.4. The third-order valence-electron chi connectivity index (χ3n) is 3.94. The van der Waals surface area contributed by atoms with Crippen LogP contribution in [-0.4, -0.2) is 17.0 Å². The van der Waals surface area contributed by atoms with E-state index >= 15 is 0 Å². The maximum Gasteiger partial charge on any atom is 0.335 e. The summed E-state index contributed by atoms with van der Waals surface area (Å²) in [5.41, 5.74) is 15.4. The molecule has 0 unspecified atom stereocenters. The lowest BCUT2D eigenvalue weighted by molar-refractivity contribution is 0.0696. The number of aromatic carboxylic acids is 1. The van der Waals surface area contributed by atoms with Gasteiger partial charge in [0.15, 0.2) is 0 Å². The minimum Gasteiger partial charge on any atom is -0.478 e. The van der Waals surface area contributed by atoms with Crippen LogP contribution in [-0.2, 0) is 0 Å². The fourth-order valence-electron chi connectivity index (χ4n) is 2.56. The van der Waals surface area contributed by atoms with E-state index < -0.39 is 11.9 Å². The van der Waals surface area contributed by atoms with Crippen molar-refractivity contribution in [3.63, 3.8) is 0 Å². The molecule has 0 saturated carbocycles. The van der Waals surface area contributed by atoms with Crippen LogP contribution < -0.4 is 16.8 Å². The second-order valence-electron chi connectivity index (χ2n) is 5.75. The van der Waals surface area contributed by atoms with Gasteiger partial charge < -0.3 is 21.9 Å². The molecular weight excluding hydrogens is 330 g/mol. The molecule has 0 atom stereocenters. The van der Waals surface area contributed by atoms with Gasteiger partial charge in [0.25, 0.3) is 0 Å². The Balaban J connectivity index is 1.89. The van der Waals surface area contributed by atoms with Crippen molar-refractivity contribution >= 4 is 28.9 Å². The monoisotopic (exact) mass is 347 g/mol. The van der Waals surface area contributed by atoms with Crippen molar-refractivity contribution in [3.8, 4) is 11.1 Å². The van der Waals surface area contributed by atoms with Crippen LogP contribution in [0.1, 0.15) is 20.7 Å². The fourth-order valence-corrected chi connectivity index (χ4v) is 2.56. The van der Waals surface area contributed by atoms with Crippen LogP contribution >= 0.6 is 0 Å². The minimum atomic E-state index is -1.02. The second kappa shape index (κ2) is 6.98. The third-order valence-corrected chi connectivity index (χ3v) is 3.94. The van der Waals surface area contributed by atoms with Crippen molar-refractivity contribution in [1.82, 2.24) is 0 Å². The van der Waals surface area contributed by atoms with E-state index in [4.69, 9.17) is 16.6 Å². The summed E-state index contributed by atoms with van der Waals surface area (Å²) in [5, 5.41) is 12.3. The van der Waals surface area contributed by atoms with Crippen LogP contribution in [0.2, 0.25) is 0 Å². The standard InChI is InChI=1S/C20H17N3O3/c21-17-9-8-15(20(25)26)11-18(17)23-16-3-1-2-14(10-16)12-4-6-13(7-5-12)19(22)24/h1-11,23H,21H2,(H2,22,24)(H,25,26). The predicted molar refractivity (Wildman–Crippen MR) is 101 cm³/mol. The number of nitrogens with two attached hydrogens (primary N) is 2. The molecule has 0 aliphatic carbocycles. The second-order valence-corrected chi connectivity index (χ2v) is 5.75. The van der Waals surface area contributed by atoms with E-state index in [0.29, 0.717) is 16.9 Å². The van der Waals surface area contributed by atoms with Crippen molar-refractivity contribution in [2.24, 2.45) is 5.73 Å². The van der Waals surface area contributed by atoms with Crippen molar-refractivity contribution in [1.29, 1.82) is 0 Å². The number of nitrogen functional groups attached to an aromatic ring is 1. The van der Waals surface area contributed by atoms with Gasteiger partial charge in [-0.2, -0.15) is 0 Å². The van der Waals surface area contributed by atoms with Gasteiger partial charge in [0, 0.05) is 11.3 Å². The summed E-state index contributed by atoms with van der Waals surface area (Å²) in [6.45, 7) is 0. The smallest absolute Gasteiger partial charge is 0.335 e. The van der Waals surface area contributed by atoms with Gasteiger partial charge >= 0.3 is 5.97 Å². The number of carboxylic acid groups (broad SMARTS) is 1. The van der Waals surface area contributed by atoms with Crippen LogP contribution in [0.15, 0.2) is 66.7 Å². The number of carbonyl (C=O) groups is 2. The Morgan fingerprint density at radius 1 is 0.846 bits per heavy atom. The molecule has 6 nitrogen and oxygen atoms in total. The van der Waals surface area contributed by atoms with Crippen molar-refractivity contribution in [2.75, 3.05) is 11.1 Å². The zero-order chi connectivity index (χ0) is 18.7. The van der Waals surface area contributed by atoms with E-state index in [0.717, 1.165) is 16.8 Å². The first-order valence-electron chi connectivity index (χ1n) is 7.84. The molecule has 0 spiro atoms. The number of hydrogen-bond donors (Lipinski definition) is 4. The van der Waals surface area contributed by atoms with Gasteiger partial charge in [-0.3, -0.25) is 4.79 Å². The third kappa shape index (κ3) is 3.64. The van der Waals surface area contributed by atoms with Gasteiger partial charge in [-0.1, -0.05) is 24.3 Å².